The van der Waals surface area contributed by atoms with Crippen LogP contribution in [-0.4, -0.2) is 25.6 Å². The molecule has 1 aromatic heterocycles. The van der Waals surface area contributed by atoms with Crippen LogP contribution in [0.25, 0.3) is 5.69 Å². The van der Waals surface area contributed by atoms with E-state index in [1.807, 2.05) is 30.3 Å². The number of nitro benzene ring substituents is 1. The number of thioether (sulfide) groups is 1. The number of benzene rings is 3. The first-order chi connectivity index (χ1) is 16.8. The molecule has 0 bridgehead atoms. The van der Waals surface area contributed by atoms with Gasteiger partial charge in [-0.05, 0) is 42.8 Å². The number of nitrogens with zero attached hydrogens (tertiary/aromatic N) is 4. The van der Waals surface area contributed by atoms with Crippen LogP contribution in [0.3, 0.4) is 0 Å². The highest BCUT2D eigenvalue weighted by Crippen LogP contribution is 2.29. The summed E-state index contributed by atoms with van der Waals surface area (Å²) in [7, 11) is 0. The van der Waals surface area contributed by atoms with Crippen molar-refractivity contribution in [3.8, 4) is 5.69 Å². The first-order valence-corrected chi connectivity index (χ1v) is 12.2. The molecule has 178 valence electrons. The molecule has 0 saturated heterocycles. The van der Waals surface area contributed by atoms with Crippen molar-refractivity contribution in [2.75, 3.05) is 0 Å². The van der Waals surface area contributed by atoms with Crippen molar-refractivity contribution < 1.29 is 9.72 Å². The van der Waals surface area contributed by atoms with Gasteiger partial charge in [0.25, 0.3) is 11.6 Å². The van der Waals surface area contributed by atoms with Gasteiger partial charge in [0.1, 0.15) is 0 Å². The van der Waals surface area contributed by atoms with Gasteiger partial charge < -0.3 is 5.32 Å². The van der Waals surface area contributed by atoms with Gasteiger partial charge in [-0.3, -0.25) is 19.5 Å². The van der Waals surface area contributed by atoms with Crippen molar-refractivity contribution in [1.82, 2.24) is 20.1 Å². The SMILES string of the molecule is CC(NC(=O)c1ccc(Cl)cc1Cl)c1nnc(SCc2ccccc2)n1-c1ccc([N+](=O)[O-])cc1. The quantitative estimate of drug-likeness (QED) is 0.164. The largest absolute Gasteiger partial charge is 0.342 e. The zero-order valence-corrected chi connectivity index (χ0v) is 20.7. The van der Waals surface area contributed by atoms with Crippen LogP contribution in [0.2, 0.25) is 10.0 Å². The van der Waals surface area contributed by atoms with Gasteiger partial charge in [0.15, 0.2) is 11.0 Å². The Kier molecular flexibility index (Phi) is 7.70. The minimum Gasteiger partial charge on any atom is -0.342 e. The summed E-state index contributed by atoms with van der Waals surface area (Å²) in [5.41, 5.74) is 2.00. The van der Waals surface area contributed by atoms with Crippen molar-refractivity contribution >= 4 is 46.6 Å². The van der Waals surface area contributed by atoms with Gasteiger partial charge in [-0.2, -0.15) is 0 Å². The van der Waals surface area contributed by atoms with Gasteiger partial charge in [0, 0.05) is 28.6 Å². The van der Waals surface area contributed by atoms with Gasteiger partial charge in [-0.1, -0.05) is 65.3 Å². The third-order valence-electron chi connectivity index (χ3n) is 5.10. The molecule has 0 spiro atoms. The van der Waals surface area contributed by atoms with E-state index < -0.39 is 16.9 Å². The Hall–Kier alpha value is -3.40. The lowest BCUT2D eigenvalue weighted by molar-refractivity contribution is -0.384. The highest BCUT2D eigenvalue weighted by atomic mass is 35.5. The molecule has 1 amide bonds. The lowest BCUT2D eigenvalue weighted by atomic mass is 10.2. The third kappa shape index (κ3) is 5.82. The van der Waals surface area contributed by atoms with Crippen LogP contribution >= 0.6 is 35.0 Å². The molecule has 3 aromatic carbocycles. The van der Waals surface area contributed by atoms with E-state index in [-0.39, 0.29) is 16.3 Å². The van der Waals surface area contributed by atoms with E-state index in [1.165, 1.54) is 30.0 Å². The molecular weight excluding hydrogens is 509 g/mol. The smallest absolute Gasteiger partial charge is 0.269 e. The highest BCUT2D eigenvalue weighted by Gasteiger charge is 2.23. The van der Waals surface area contributed by atoms with Gasteiger partial charge >= 0.3 is 0 Å². The van der Waals surface area contributed by atoms with Crippen LogP contribution < -0.4 is 5.32 Å². The Balaban J connectivity index is 1.65. The number of carbonyl (C=O) groups is 1. The molecule has 35 heavy (non-hydrogen) atoms. The Bertz CT molecular complexity index is 1360. The van der Waals surface area contributed by atoms with Crippen LogP contribution in [0.4, 0.5) is 5.69 Å². The van der Waals surface area contributed by atoms with Crippen molar-refractivity contribution in [2.24, 2.45) is 0 Å². The van der Waals surface area contributed by atoms with E-state index in [9.17, 15) is 14.9 Å². The third-order valence-corrected chi connectivity index (χ3v) is 6.65. The fraction of sp³-hybridized carbons (Fsp3) is 0.125. The molecule has 0 aliphatic heterocycles. The number of amides is 1. The molecule has 8 nitrogen and oxygen atoms in total. The summed E-state index contributed by atoms with van der Waals surface area (Å²) in [6.07, 6.45) is 0. The Morgan fingerprint density at radius 1 is 1.09 bits per heavy atom. The molecule has 4 rings (SSSR count). The summed E-state index contributed by atoms with van der Waals surface area (Å²) in [6.45, 7) is 1.78. The number of aromatic nitrogens is 3. The second-order valence-electron chi connectivity index (χ2n) is 7.54. The summed E-state index contributed by atoms with van der Waals surface area (Å²) < 4.78 is 1.78. The fourth-order valence-corrected chi connectivity index (χ4v) is 4.77. The van der Waals surface area contributed by atoms with Crippen LogP contribution in [0, 0.1) is 10.1 Å². The highest BCUT2D eigenvalue weighted by molar-refractivity contribution is 7.98. The standard InChI is InChI=1S/C24H19Cl2N5O3S/c1-15(27-23(32)20-12-7-17(25)13-21(20)26)22-28-29-24(35-14-16-5-3-2-4-6-16)30(22)18-8-10-19(11-9-18)31(33)34/h2-13,15H,14H2,1H3,(H,27,32). The average Bonchev–Trinajstić information content (AvgIpc) is 3.27. The average molecular weight is 528 g/mol. The molecule has 1 unspecified atom stereocenters. The number of halogens is 2. The molecule has 0 aliphatic carbocycles. The van der Waals surface area contributed by atoms with Gasteiger partial charge in [-0.25, -0.2) is 0 Å². The topological polar surface area (TPSA) is 103 Å². The fourth-order valence-electron chi connectivity index (χ4n) is 3.36. The lowest BCUT2D eigenvalue weighted by Gasteiger charge is -2.17. The zero-order valence-electron chi connectivity index (χ0n) is 18.4. The maximum atomic E-state index is 12.9. The minimum absolute atomic E-state index is 0.0272. The Labute approximate surface area is 215 Å². The van der Waals surface area contributed by atoms with Crippen molar-refractivity contribution in [3.63, 3.8) is 0 Å². The monoisotopic (exact) mass is 527 g/mol. The second kappa shape index (κ2) is 10.9. The van der Waals surface area contributed by atoms with Crippen molar-refractivity contribution in [2.45, 2.75) is 23.9 Å². The molecule has 0 saturated carbocycles. The summed E-state index contributed by atoms with van der Waals surface area (Å²) in [5, 5.41) is 23.9. The molecule has 1 atom stereocenters. The normalized spacial score (nSPS) is 11.7. The molecule has 1 heterocycles. The molecular formula is C24H19Cl2N5O3S. The number of hydrogen-bond acceptors (Lipinski definition) is 6. The van der Waals surface area contributed by atoms with E-state index in [1.54, 1.807) is 35.8 Å². The van der Waals surface area contributed by atoms with Crippen molar-refractivity contribution in [3.05, 3.63) is 110 Å². The van der Waals surface area contributed by atoms with E-state index >= 15 is 0 Å². The summed E-state index contributed by atoms with van der Waals surface area (Å²) in [5.74, 6) is 0.719. The Morgan fingerprint density at radius 2 is 1.80 bits per heavy atom. The number of non-ortho nitro benzene ring substituents is 1. The summed E-state index contributed by atoms with van der Waals surface area (Å²) >= 11 is 13.6. The van der Waals surface area contributed by atoms with Gasteiger partial charge in [-0.15, -0.1) is 10.2 Å². The molecule has 11 heteroatoms. The van der Waals surface area contributed by atoms with E-state index in [4.69, 9.17) is 23.2 Å². The summed E-state index contributed by atoms with van der Waals surface area (Å²) in [4.78, 5) is 23.5. The molecule has 0 aliphatic rings. The van der Waals surface area contributed by atoms with Crippen LogP contribution in [0.5, 0.6) is 0 Å². The second-order valence-corrected chi connectivity index (χ2v) is 9.33. The van der Waals surface area contributed by atoms with E-state index in [0.717, 1.165) is 5.56 Å². The van der Waals surface area contributed by atoms with E-state index in [2.05, 4.69) is 15.5 Å². The van der Waals surface area contributed by atoms with Crippen LogP contribution in [-0.2, 0) is 5.75 Å². The Morgan fingerprint density at radius 3 is 2.46 bits per heavy atom. The van der Waals surface area contributed by atoms with Crippen molar-refractivity contribution in [1.29, 1.82) is 0 Å². The van der Waals surface area contributed by atoms with Gasteiger partial charge in [0.05, 0.1) is 21.6 Å². The first kappa shape index (κ1) is 24.7. The van der Waals surface area contributed by atoms with Crippen LogP contribution in [0.15, 0.2) is 78.0 Å². The number of rotatable bonds is 8. The number of hydrogen-bond donors (Lipinski definition) is 1. The zero-order chi connectivity index (χ0) is 24.9. The number of nitrogens with one attached hydrogen (secondary N) is 1. The molecule has 4 aromatic rings. The molecule has 0 fully saturated rings. The predicted octanol–water partition coefficient (Wildman–Crippen LogP) is 6.27. The van der Waals surface area contributed by atoms with Crippen LogP contribution in [0.1, 0.15) is 34.7 Å². The number of carbonyl (C=O) groups excluding carboxylic acids is 1. The van der Waals surface area contributed by atoms with Gasteiger partial charge in [0.2, 0.25) is 0 Å². The maximum Gasteiger partial charge on any atom is 0.269 e. The predicted molar refractivity (Wildman–Crippen MR) is 136 cm³/mol. The molecule has 0 radical (unpaired) electrons. The maximum absolute atomic E-state index is 12.9. The minimum atomic E-state index is -0.553. The molecule has 1 N–H and O–H groups in total. The number of nitro groups is 1. The first-order valence-electron chi connectivity index (χ1n) is 10.5. The lowest BCUT2D eigenvalue weighted by Crippen LogP contribution is -2.28. The summed E-state index contributed by atoms with van der Waals surface area (Å²) in [6, 6.07) is 20.1. The van der Waals surface area contributed by atoms with E-state index in [0.29, 0.717) is 27.4 Å².